The Balaban J connectivity index is 7.45. The normalized spacial score (nSPS) is 17.2. The second-order valence-electron chi connectivity index (χ2n) is 7.23. The van der Waals surface area contributed by atoms with E-state index < -0.39 is 80.8 Å². The second-order valence-corrected chi connectivity index (χ2v) is 8.70. The van der Waals surface area contributed by atoms with Crippen molar-refractivity contribution in [3.63, 3.8) is 0 Å². The van der Waals surface area contributed by atoms with Gasteiger partial charge in [0, 0.05) is 0 Å². The van der Waals surface area contributed by atoms with E-state index >= 15 is 0 Å². The lowest BCUT2D eigenvalue weighted by molar-refractivity contribution is -0.480. The van der Waals surface area contributed by atoms with E-state index in [1.54, 1.807) is 0 Å². The van der Waals surface area contributed by atoms with E-state index in [0.717, 1.165) is 0 Å². The van der Waals surface area contributed by atoms with Gasteiger partial charge in [-0.15, -0.1) is 0 Å². The Morgan fingerprint density at radius 3 is 0.585 bits per heavy atom. The van der Waals surface area contributed by atoms with Crippen LogP contribution in [-0.4, -0.2) is 83.6 Å². The van der Waals surface area contributed by atoms with Crippen molar-refractivity contribution in [2.24, 2.45) is 0 Å². The van der Waals surface area contributed by atoms with Crippen molar-refractivity contribution in [1.29, 1.82) is 0 Å². The highest BCUT2D eigenvalue weighted by Gasteiger charge is 3.00. The number of hydrogen-bond donors (Lipinski definition) is 1. The summed E-state index contributed by atoms with van der Waals surface area (Å²) in [5.41, 5.74) is 0. The first-order valence-corrected chi connectivity index (χ1v) is 9.63. The lowest BCUT2D eigenvalue weighted by Gasteiger charge is -2.45. The number of halogens is 25. The molecule has 0 saturated carbocycles. The minimum Gasteiger partial charge on any atom is -0.281 e. The van der Waals surface area contributed by atoms with Crippen LogP contribution in [0.25, 0.3) is 0 Å². The molecule has 0 aromatic heterocycles. The molecule has 0 aliphatic rings. The van der Waals surface area contributed by atoms with Crippen LogP contribution < -0.4 is 0 Å². The summed E-state index contributed by atoms with van der Waals surface area (Å²) >= 11 is 0. The number of alkyl halides is 25. The summed E-state index contributed by atoms with van der Waals surface area (Å²) in [6.07, 6.45) is -8.23. The summed E-state index contributed by atoms with van der Waals surface area (Å²) in [7, 11) is -8.24. The molecule has 0 heterocycles. The van der Waals surface area contributed by atoms with E-state index in [1.165, 1.54) is 0 Å². The largest absolute Gasteiger partial charge is 0.460 e. The zero-order valence-electron chi connectivity index (χ0n) is 17.1. The lowest BCUT2D eigenvalue weighted by atomic mass is 9.88. The average Bonchev–Trinajstić information content (AvgIpc) is 2.70. The lowest BCUT2D eigenvalue weighted by Crippen LogP contribution is -2.78. The topological polar surface area (TPSA) is 54.4 Å². The van der Waals surface area contributed by atoms with Crippen LogP contribution in [0.15, 0.2) is 0 Å². The second kappa shape index (κ2) is 9.08. The predicted molar refractivity (Wildman–Crippen MR) is 72.0 cm³/mol. The fourth-order valence-electron chi connectivity index (χ4n) is 2.10. The molecule has 0 atom stereocenters. The van der Waals surface area contributed by atoms with E-state index in [4.69, 9.17) is 4.55 Å². The first-order valence-electron chi connectivity index (χ1n) is 8.19. The van der Waals surface area contributed by atoms with Gasteiger partial charge in [-0.3, -0.25) is 4.55 Å². The maximum absolute atomic E-state index is 13.5. The van der Waals surface area contributed by atoms with E-state index in [2.05, 4.69) is 0 Å². The molecule has 0 bridgehead atoms. The smallest absolute Gasteiger partial charge is 0.281 e. The summed E-state index contributed by atoms with van der Waals surface area (Å²) in [5, 5.41) is -8.22. The number of hydrogen-bond acceptors (Lipinski definition) is 2. The van der Waals surface area contributed by atoms with Crippen LogP contribution in [-0.2, 0) is 10.1 Å². The predicted octanol–water partition coefficient (Wildman–Crippen LogP) is 7.38. The van der Waals surface area contributed by atoms with Crippen molar-refractivity contribution in [3.05, 3.63) is 0 Å². The van der Waals surface area contributed by atoms with Crippen LogP contribution in [0.3, 0.4) is 0 Å². The van der Waals surface area contributed by atoms with Crippen molar-refractivity contribution in [2.45, 2.75) is 70.7 Å². The molecule has 0 fully saturated rings. The molecule has 248 valence electrons. The van der Waals surface area contributed by atoms with Crippen molar-refractivity contribution < 1.29 is 123 Å². The van der Waals surface area contributed by atoms with Crippen molar-refractivity contribution >= 4 is 10.1 Å². The van der Waals surface area contributed by atoms with Crippen LogP contribution in [0.4, 0.5) is 110 Å². The molecule has 0 amide bonds. The molecule has 0 rings (SSSR count). The van der Waals surface area contributed by atoms with Gasteiger partial charge < -0.3 is 0 Å². The van der Waals surface area contributed by atoms with Crippen LogP contribution in [0.1, 0.15) is 0 Å². The Morgan fingerprint density at radius 2 is 0.439 bits per heavy atom. The summed E-state index contributed by atoms with van der Waals surface area (Å²) in [6, 6.07) is 0. The molecule has 3 nitrogen and oxygen atoms in total. The first-order chi connectivity index (χ1) is 17.0. The first kappa shape index (κ1) is 39.2. The molecule has 0 saturated heterocycles. The fourth-order valence-corrected chi connectivity index (χ4v) is 2.55. The molecule has 0 radical (unpaired) electrons. The quantitative estimate of drug-likeness (QED) is 0.139. The van der Waals surface area contributed by atoms with Gasteiger partial charge >= 0.3 is 80.8 Å². The summed E-state index contributed by atoms with van der Waals surface area (Å²) in [4.78, 5) is 0. The van der Waals surface area contributed by atoms with Crippen LogP contribution in [0, 0.1) is 0 Å². The van der Waals surface area contributed by atoms with Gasteiger partial charge in [0.2, 0.25) is 0 Å². The molecule has 0 aromatic carbocycles. The van der Waals surface area contributed by atoms with E-state index in [1.807, 2.05) is 0 Å². The van der Waals surface area contributed by atoms with Crippen molar-refractivity contribution in [3.8, 4) is 0 Å². The maximum Gasteiger partial charge on any atom is 0.460 e. The van der Waals surface area contributed by atoms with E-state index in [9.17, 15) is 118 Å². The molecule has 0 aliphatic carbocycles. The summed E-state index contributed by atoms with van der Waals surface area (Å²) in [6.45, 7) is 0. The zero-order valence-corrected chi connectivity index (χ0v) is 17.9. The van der Waals surface area contributed by atoms with Crippen LogP contribution in [0.2, 0.25) is 0 Å². The Kier molecular flexibility index (Phi) is 8.68. The minimum absolute atomic E-state index is 7.71. The van der Waals surface area contributed by atoms with Gasteiger partial charge in [0.05, 0.1) is 0 Å². The molecule has 0 spiro atoms. The molecule has 41 heavy (non-hydrogen) atoms. The van der Waals surface area contributed by atoms with Crippen molar-refractivity contribution in [1.82, 2.24) is 0 Å². The summed E-state index contributed by atoms with van der Waals surface area (Å²) < 4.78 is 355. The Morgan fingerprint density at radius 1 is 0.293 bits per heavy atom. The minimum atomic E-state index is -9.76. The Labute approximate surface area is 205 Å². The Bertz CT molecular complexity index is 1100. The van der Waals surface area contributed by atoms with Gasteiger partial charge in [-0.1, -0.05) is 0 Å². The van der Waals surface area contributed by atoms with E-state index in [-0.39, 0.29) is 0 Å². The zero-order chi connectivity index (χ0) is 34.5. The van der Waals surface area contributed by atoms with Gasteiger partial charge in [-0.25, -0.2) is 0 Å². The Hall–Kier alpha value is -1.84. The van der Waals surface area contributed by atoms with Gasteiger partial charge in [0.25, 0.3) is 0 Å². The molecular weight excluding hydrogens is 702 g/mol. The monoisotopic (exact) mass is 703 g/mol. The molecule has 1 N–H and O–H groups in total. The molecular formula is C12HF25O3S. The highest BCUT2D eigenvalue weighted by atomic mass is 32.2. The third kappa shape index (κ3) is 4.43. The highest BCUT2D eigenvalue weighted by molar-refractivity contribution is 7.87. The average molecular weight is 703 g/mol. The van der Waals surface area contributed by atoms with Gasteiger partial charge in [-0.05, 0) is 0 Å². The molecule has 0 unspecified atom stereocenters. The molecule has 29 heteroatoms. The van der Waals surface area contributed by atoms with Gasteiger partial charge in [0.15, 0.2) is 0 Å². The number of rotatable bonds is 11. The van der Waals surface area contributed by atoms with E-state index in [0.29, 0.717) is 0 Å². The maximum atomic E-state index is 13.5. The van der Waals surface area contributed by atoms with Crippen LogP contribution in [0.5, 0.6) is 0 Å². The van der Waals surface area contributed by atoms with Crippen molar-refractivity contribution in [2.75, 3.05) is 0 Å². The van der Waals surface area contributed by atoms with Gasteiger partial charge in [-0.2, -0.15) is 118 Å². The third-order valence-electron chi connectivity index (χ3n) is 4.59. The third-order valence-corrected chi connectivity index (χ3v) is 5.50. The highest BCUT2D eigenvalue weighted by Crippen LogP contribution is 2.67. The fraction of sp³-hybridized carbons (Fsp3) is 1.00. The van der Waals surface area contributed by atoms with Gasteiger partial charge in [0.1, 0.15) is 0 Å². The molecule has 0 aliphatic heterocycles. The van der Waals surface area contributed by atoms with Crippen LogP contribution >= 0.6 is 0 Å². The molecule has 0 aromatic rings. The summed E-state index contributed by atoms with van der Waals surface area (Å²) in [5.74, 6) is -94.0. The standard InChI is InChI=1S/C12HF25O3S/c13-1(14,3(17,18)5(21,22)7(25,26)9(29,30)11(33,34)35)2(15,16)4(19,20)6(23,24)8(27,28)10(31,32)12(36,37)41(38,39)40/h(H,38,39,40)/i8+1,10+1,12+1. The SMILES string of the molecule is O=S(=O)(O)[13C](F)(F)[13C](F)(F)[13C](F)(F)C(F)(F)C(F)(F)C(F)(F)C(F)(F)C(F)(F)C(F)(F)C(F)(F)C(F)(F)C(F)(F)F.